The average molecular weight is 258 g/mol. The van der Waals surface area contributed by atoms with Crippen LogP contribution >= 0.6 is 0 Å². The van der Waals surface area contributed by atoms with E-state index in [1.165, 1.54) is 37.4 Å². The van der Waals surface area contributed by atoms with Gasteiger partial charge >= 0.3 is 0 Å². The van der Waals surface area contributed by atoms with Crippen molar-refractivity contribution in [3.8, 4) is 0 Å². The molecule has 1 spiro atoms. The molecule has 2 heterocycles. The molecule has 0 bridgehead atoms. The Hall–Kier alpha value is -1.02. The summed E-state index contributed by atoms with van der Waals surface area (Å²) in [7, 11) is 0. The summed E-state index contributed by atoms with van der Waals surface area (Å²) < 4.78 is 0. The van der Waals surface area contributed by atoms with Crippen LogP contribution in [0.1, 0.15) is 39.2 Å². The van der Waals surface area contributed by atoms with Gasteiger partial charge in [-0.25, -0.2) is 0 Å². The van der Waals surface area contributed by atoms with E-state index in [1.54, 1.807) is 0 Å². The Bertz CT molecular complexity index is 433. The number of nitrogens with zero attached hydrogens (tertiary/aromatic N) is 2. The van der Waals surface area contributed by atoms with Gasteiger partial charge in [-0.3, -0.25) is 4.90 Å². The highest BCUT2D eigenvalue weighted by Crippen LogP contribution is 2.42. The Labute approximate surface area is 117 Å². The van der Waals surface area contributed by atoms with E-state index in [4.69, 9.17) is 0 Å². The van der Waals surface area contributed by atoms with Crippen molar-refractivity contribution in [1.29, 1.82) is 0 Å². The van der Waals surface area contributed by atoms with Crippen LogP contribution in [0.25, 0.3) is 0 Å². The van der Waals surface area contributed by atoms with Crippen LogP contribution in [0, 0.1) is 5.41 Å². The number of benzene rings is 1. The number of hydrogen-bond donors (Lipinski definition) is 0. The number of hydrogen-bond acceptors (Lipinski definition) is 2. The lowest BCUT2D eigenvalue weighted by molar-refractivity contribution is -0.0411. The molecule has 2 aliphatic heterocycles. The molecule has 0 saturated carbocycles. The van der Waals surface area contributed by atoms with Crippen molar-refractivity contribution in [2.75, 3.05) is 31.1 Å². The molecule has 0 unspecified atom stereocenters. The number of rotatable bonds is 3. The van der Waals surface area contributed by atoms with Gasteiger partial charge < -0.3 is 4.90 Å². The lowest BCUT2D eigenvalue weighted by Crippen LogP contribution is -2.73. The smallest absolute Gasteiger partial charge is 0.0366 e. The summed E-state index contributed by atoms with van der Waals surface area (Å²) >= 11 is 0. The number of anilines is 1. The summed E-state index contributed by atoms with van der Waals surface area (Å²) in [4.78, 5) is 5.11. The second-order valence-electron chi connectivity index (χ2n) is 7.10. The lowest BCUT2D eigenvalue weighted by atomic mass is 9.72. The highest BCUT2D eigenvalue weighted by molar-refractivity contribution is 5.51. The minimum atomic E-state index is 0.612. The van der Waals surface area contributed by atoms with Crippen LogP contribution in [-0.2, 0) is 0 Å². The second-order valence-corrected chi connectivity index (χ2v) is 7.10. The summed E-state index contributed by atoms with van der Waals surface area (Å²) in [6.45, 7) is 14.2. The molecule has 19 heavy (non-hydrogen) atoms. The standard InChI is InChI=1S/C17H26N2/c1-13(2)15-5-7-16(8-6-15)19-11-17(12-19)9-18(10-17)14(3)4/h5-8,13-14H,9-12H2,1-4H3. The maximum Gasteiger partial charge on any atom is 0.0366 e. The highest BCUT2D eigenvalue weighted by atomic mass is 15.3. The van der Waals surface area contributed by atoms with E-state index in [1.807, 2.05) is 0 Å². The zero-order valence-corrected chi connectivity index (χ0v) is 12.7. The van der Waals surface area contributed by atoms with E-state index < -0.39 is 0 Å². The molecule has 104 valence electrons. The monoisotopic (exact) mass is 258 g/mol. The first kappa shape index (κ1) is 13.0. The molecule has 3 rings (SSSR count). The zero-order valence-electron chi connectivity index (χ0n) is 12.7. The molecule has 0 aromatic heterocycles. The molecule has 0 aliphatic carbocycles. The van der Waals surface area contributed by atoms with Gasteiger partial charge in [0.1, 0.15) is 0 Å². The van der Waals surface area contributed by atoms with Crippen molar-refractivity contribution < 1.29 is 0 Å². The van der Waals surface area contributed by atoms with E-state index >= 15 is 0 Å². The third kappa shape index (κ3) is 2.27. The van der Waals surface area contributed by atoms with Crippen LogP contribution in [-0.4, -0.2) is 37.1 Å². The summed E-state index contributed by atoms with van der Waals surface area (Å²) in [6.07, 6.45) is 0. The Morgan fingerprint density at radius 3 is 1.95 bits per heavy atom. The molecule has 0 radical (unpaired) electrons. The van der Waals surface area contributed by atoms with Crippen molar-refractivity contribution in [2.24, 2.45) is 5.41 Å². The molecule has 2 heteroatoms. The molecule has 0 N–H and O–H groups in total. The number of likely N-dealkylation sites (tertiary alicyclic amines) is 1. The van der Waals surface area contributed by atoms with E-state index in [0.29, 0.717) is 17.4 Å². The quantitative estimate of drug-likeness (QED) is 0.820. The predicted octanol–water partition coefficient (Wildman–Crippen LogP) is 3.34. The van der Waals surface area contributed by atoms with E-state index in [0.717, 1.165) is 0 Å². The Morgan fingerprint density at radius 1 is 0.895 bits per heavy atom. The van der Waals surface area contributed by atoms with Gasteiger partial charge in [0.05, 0.1) is 0 Å². The maximum atomic E-state index is 2.58. The van der Waals surface area contributed by atoms with Gasteiger partial charge in [0.2, 0.25) is 0 Å². The first-order valence-electron chi connectivity index (χ1n) is 7.58. The first-order chi connectivity index (χ1) is 8.99. The first-order valence-corrected chi connectivity index (χ1v) is 7.58. The van der Waals surface area contributed by atoms with E-state index in [9.17, 15) is 0 Å². The highest BCUT2D eigenvalue weighted by Gasteiger charge is 2.52. The normalized spacial score (nSPS) is 21.9. The van der Waals surface area contributed by atoms with Crippen LogP contribution in [0.5, 0.6) is 0 Å². The molecular weight excluding hydrogens is 232 g/mol. The van der Waals surface area contributed by atoms with E-state index in [2.05, 4.69) is 61.8 Å². The third-order valence-electron chi connectivity index (χ3n) is 4.78. The fourth-order valence-corrected chi connectivity index (χ4v) is 3.40. The molecule has 2 aliphatic rings. The predicted molar refractivity (Wildman–Crippen MR) is 81.9 cm³/mol. The van der Waals surface area contributed by atoms with E-state index in [-0.39, 0.29) is 0 Å². The van der Waals surface area contributed by atoms with Gasteiger partial charge in [-0.1, -0.05) is 26.0 Å². The van der Waals surface area contributed by atoms with Gasteiger partial charge in [0.15, 0.2) is 0 Å². The molecule has 0 atom stereocenters. The van der Waals surface area contributed by atoms with Gasteiger partial charge in [0, 0.05) is 43.3 Å². The van der Waals surface area contributed by atoms with Crippen LogP contribution in [0.15, 0.2) is 24.3 Å². The second kappa shape index (κ2) is 4.52. The van der Waals surface area contributed by atoms with Crippen LogP contribution in [0.3, 0.4) is 0 Å². The van der Waals surface area contributed by atoms with Gasteiger partial charge in [-0.15, -0.1) is 0 Å². The fourth-order valence-electron chi connectivity index (χ4n) is 3.40. The van der Waals surface area contributed by atoms with Crippen molar-refractivity contribution in [2.45, 2.75) is 39.7 Å². The molecular formula is C17H26N2. The lowest BCUT2D eigenvalue weighted by Gasteiger charge is -2.62. The molecule has 0 amide bonds. The minimum absolute atomic E-state index is 0.612. The molecule has 1 aromatic rings. The zero-order chi connectivity index (χ0) is 13.6. The van der Waals surface area contributed by atoms with Crippen molar-refractivity contribution in [1.82, 2.24) is 4.90 Å². The third-order valence-corrected chi connectivity index (χ3v) is 4.78. The Kier molecular flexibility index (Phi) is 3.09. The van der Waals surface area contributed by atoms with Gasteiger partial charge in [0.25, 0.3) is 0 Å². The largest absolute Gasteiger partial charge is 0.370 e. The van der Waals surface area contributed by atoms with Gasteiger partial charge in [-0.05, 0) is 37.5 Å². The fraction of sp³-hybridized carbons (Fsp3) is 0.647. The summed E-state index contributed by atoms with van der Waals surface area (Å²) in [6, 6.07) is 9.87. The van der Waals surface area contributed by atoms with Crippen molar-refractivity contribution in [3.63, 3.8) is 0 Å². The average Bonchev–Trinajstić information content (AvgIpc) is 2.25. The van der Waals surface area contributed by atoms with Crippen molar-refractivity contribution >= 4 is 5.69 Å². The van der Waals surface area contributed by atoms with Gasteiger partial charge in [-0.2, -0.15) is 0 Å². The summed E-state index contributed by atoms with van der Waals surface area (Å²) in [5, 5.41) is 0. The van der Waals surface area contributed by atoms with Crippen molar-refractivity contribution in [3.05, 3.63) is 29.8 Å². The van der Waals surface area contributed by atoms with Crippen LogP contribution in [0.4, 0.5) is 5.69 Å². The SMILES string of the molecule is CC(C)c1ccc(N2CC3(C2)CN(C(C)C)C3)cc1. The maximum absolute atomic E-state index is 2.58. The molecule has 2 saturated heterocycles. The molecule has 1 aromatic carbocycles. The Morgan fingerprint density at radius 2 is 1.47 bits per heavy atom. The van der Waals surface area contributed by atoms with Crippen LogP contribution in [0.2, 0.25) is 0 Å². The molecule has 2 nitrogen and oxygen atoms in total. The summed E-state index contributed by atoms with van der Waals surface area (Å²) in [5.74, 6) is 0.628. The summed E-state index contributed by atoms with van der Waals surface area (Å²) in [5.41, 5.74) is 3.45. The minimum Gasteiger partial charge on any atom is -0.370 e. The Balaban J connectivity index is 1.56. The van der Waals surface area contributed by atoms with Crippen LogP contribution < -0.4 is 4.90 Å². The molecule has 2 fully saturated rings. The topological polar surface area (TPSA) is 6.48 Å².